The number of carbonyl (C=O) groups is 1. The molecule has 0 aliphatic carbocycles. The lowest BCUT2D eigenvalue weighted by Gasteiger charge is -2.39. The maximum Gasteiger partial charge on any atom is 0.245 e. The third-order valence-corrected chi connectivity index (χ3v) is 7.05. The largest absolute Gasteiger partial charge is 0.294 e. The molecule has 1 aliphatic rings. The van der Waals surface area contributed by atoms with E-state index in [0.29, 0.717) is 16.6 Å². The molecule has 208 valence electrons. The monoisotopic (exact) mass is 565 g/mol. The highest BCUT2D eigenvalue weighted by Gasteiger charge is 2.28. The Kier molecular flexibility index (Phi) is 14.6. The van der Waals surface area contributed by atoms with Gasteiger partial charge < -0.3 is 0 Å². The van der Waals surface area contributed by atoms with Crippen molar-refractivity contribution in [2.75, 3.05) is 37.6 Å². The van der Waals surface area contributed by atoms with Crippen LogP contribution in [-0.4, -0.2) is 48.4 Å². The number of allylic oxidation sites excluding steroid dienone is 2. The molecule has 0 aromatic heterocycles. The van der Waals surface area contributed by atoms with E-state index in [4.69, 9.17) is 23.2 Å². The van der Waals surface area contributed by atoms with Crippen LogP contribution in [0.2, 0.25) is 10.0 Å². The van der Waals surface area contributed by atoms with Crippen LogP contribution in [0.3, 0.4) is 0 Å². The molecule has 3 aromatic carbocycles. The zero-order valence-corrected chi connectivity index (χ0v) is 24.9. The van der Waals surface area contributed by atoms with E-state index < -0.39 is 0 Å². The Bertz CT molecular complexity index is 1100. The molecular formula is C33H41Cl2N3O. The van der Waals surface area contributed by atoms with Gasteiger partial charge in [-0.3, -0.25) is 19.5 Å². The van der Waals surface area contributed by atoms with Crippen LogP contribution in [0.15, 0.2) is 104 Å². The lowest BCUT2D eigenvalue weighted by Crippen LogP contribution is -2.50. The molecule has 0 bridgehead atoms. The summed E-state index contributed by atoms with van der Waals surface area (Å²) in [7, 11) is 0. The van der Waals surface area contributed by atoms with Crippen LogP contribution in [0.1, 0.15) is 38.8 Å². The molecule has 3 aromatic rings. The minimum absolute atomic E-state index is 0.0748. The van der Waals surface area contributed by atoms with Gasteiger partial charge in [-0.05, 0) is 56.2 Å². The number of hydrogen-bond acceptors (Lipinski definition) is 3. The van der Waals surface area contributed by atoms with Gasteiger partial charge in [0.05, 0.1) is 16.6 Å². The fourth-order valence-corrected chi connectivity index (χ4v) is 4.97. The highest BCUT2D eigenvalue weighted by molar-refractivity contribution is 6.42. The fraction of sp³-hybridized carbons (Fsp3) is 0.303. The first-order chi connectivity index (χ1) is 18.9. The van der Waals surface area contributed by atoms with Crippen LogP contribution in [0.25, 0.3) is 0 Å². The molecule has 1 aliphatic heterocycles. The lowest BCUT2D eigenvalue weighted by atomic mass is 10.0. The minimum Gasteiger partial charge on any atom is -0.294 e. The molecule has 1 heterocycles. The second-order valence-corrected chi connectivity index (χ2v) is 9.88. The second-order valence-electron chi connectivity index (χ2n) is 9.10. The van der Waals surface area contributed by atoms with Crippen LogP contribution in [0, 0.1) is 0 Å². The number of amides is 1. The van der Waals surface area contributed by atoms with Crippen molar-refractivity contribution in [1.82, 2.24) is 9.80 Å². The quantitative estimate of drug-likeness (QED) is 0.268. The lowest BCUT2D eigenvalue weighted by molar-refractivity contribution is -0.119. The maximum absolute atomic E-state index is 13.4. The summed E-state index contributed by atoms with van der Waals surface area (Å²) in [6.07, 6.45) is 4.45. The summed E-state index contributed by atoms with van der Waals surface area (Å²) in [4.78, 5) is 19.9. The fourth-order valence-electron chi connectivity index (χ4n) is 4.54. The Morgan fingerprint density at radius 2 is 1.33 bits per heavy atom. The van der Waals surface area contributed by atoms with E-state index in [2.05, 4.69) is 35.9 Å². The molecule has 0 spiro atoms. The first-order valence-corrected chi connectivity index (χ1v) is 14.1. The predicted octanol–water partition coefficient (Wildman–Crippen LogP) is 8.81. The molecule has 0 saturated carbocycles. The topological polar surface area (TPSA) is 26.8 Å². The molecule has 1 saturated heterocycles. The first-order valence-electron chi connectivity index (χ1n) is 13.4. The molecular weight excluding hydrogens is 525 g/mol. The molecule has 0 radical (unpaired) electrons. The van der Waals surface area contributed by atoms with Crippen LogP contribution >= 0.6 is 23.2 Å². The van der Waals surface area contributed by atoms with Gasteiger partial charge in [0.2, 0.25) is 5.91 Å². The SMILES string of the molecule is C=CC.C=CC.CCC(c1cccc(Cl)c1Cl)N1CCN(CC(=O)N(c2ccccc2)c2ccccc2)CC1. The number of carbonyl (C=O) groups excluding carboxylic acids is 1. The molecule has 0 N–H and O–H groups in total. The van der Waals surface area contributed by atoms with Gasteiger partial charge in [0.25, 0.3) is 0 Å². The van der Waals surface area contributed by atoms with Crippen molar-refractivity contribution in [2.45, 2.75) is 33.2 Å². The predicted molar refractivity (Wildman–Crippen MR) is 169 cm³/mol. The average molecular weight is 567 g/mol. The van der Waals surface area contributed by atoms with Gasteiger partial charge in [-0.15, -0.1) is 13.2 Å². The van der Waals surface area contributed by atoms with Gasteiger partial charge in [0.1, 0.15) is 0 Å². The third kappa shape index (κ3) is 9.66. The number of anilines is 2. The zero-order valence-electron chi connectivity index (χ0n) is 23.4. The molecule has 39 heavy (non-hydrogen) atoms. The first kappa shape index (κ1) is 32.3. The number of benzene rings is 3. The number of rotatable bonds is 7. The van der Waals surface area contributed by atoms with Gasteiger partial charge in [-0.1, -0.05) is 90.8 Å². The van der Waals surface area contributed by atoms with Crippen molar-refractivity contribution >= 4 is 40.5 Å². The van der Waals surface area contributed by atoms with Crippen LogP contribution < -0.4 is 4.90 Å². The highest BCUT2D eigenvalue weighted by Crippen LogP contribution is 2.35. The number of nitrogens with zero attached hydrogens (tertiary/aromatic N) is 3. The Balaban J connectivity index is 0.000000815. The summed E-state index contributed by atoms with van der Waals surface area (Å²) in [5, 5.41) is 1.24. The standard InChI is InChI=1S/C27H29Cl2N3O.2C3H6/c1-2-25(23-14-9-15-24(28)27(23)29)31-18-16-30(17-19-31)20-26(33)32(21-10-5-3-6-11-21)22-12-7-4-8-13-22;2*1-3-2/h3-15,25H,2,16-20H2,1H3;2*3H,1H2,2H3. The summed E-state index contributed by atoms with van der Waals surface area (Å²) >= 11 is 12.8. The van der Waals surface area contributed by atoms with E-state index in [9.17, 15) is 4.79 Å². The smallest absolute Gasteiger partial charge is 0.245 e. The number of hydrogen-bond donors (Lipinski definition) is 0. The van der Waals surface area contributed by atoms with Crippen molar-refractivity contribution in [2.24, 2.45) is 0 Å². The van der Waals surface area contributed by atoms with Gasteiger partial charge in [-0.25, -0.2) is 0 Å². The molecule has 1 fully saturated rings. The molecule has 6 heteroatoms. The summed E-state index contributed by atoms with van der Waals surface area (Å²) < 4.78 is 0. The number of para-hydroxylation sites is 2. The van der Waals surface area contributed by atoms with E-state index in [1.807, 2.05) is 91.5 Å². The summed E-state index contributed by atoms with van der Waals surface area (Å²) in [6, 6.07) is 25.8. The molecule has 4 rings (SSSR count). The summed E-state index contributed by atoms with van der Waals surface area (Å²) in [6.45, 7) is 16.5. The summed E-state index contributed by atoms with van der Waals surface area (Å²) in [5.74, 6) is 0.0748. The van der Waals surface area contributed by atoms with Gasteiger partial charge in [0.15, 0.2) is 0 Å². The third-order valence-electron chi connectivity index (χ3n) is 6.21. The van der Waals surface area contributed by atoms with Crippen molar-refractivity contribution in [3.63, 3.8) is 0 Å². The number of piperazine rings is 1. The average Bonchev–Trinajstić information content (AvgIpc) is 2.94. The highest BCUT2D eigenvalue weighted by atomic mass is 35.5. The number of halogens is 2. The van der Waals surface area contributed by atoms with E-state index in [1.54, 1.807) is 12.2 Å². The van der Waals surface area contributed by atoms with Crippen molar-refractivity contribution in [1.29, 1.82) is 0 Å². The van der Waals surface area contributed by atoms with Crippen LogP contribution in [-0.2, 0) is 4.79 Å². The molecule has 1 atom stereocenters. The van der Waals surface area contributed by atoms with Gasteiger partial charge >= 0.3 is 0 Å². The Morgan fingerprint density at radius 1 is 0.846 bits per heavy atom. The second kappa shape index (κ2) is 17.6. The van der Waals surface area contributed by atoms with Crippen LogP contribution in [0.4, 0.5) is 11.4 Å². The summed E-state index contributed by atoms with van der Waals surface area (Å²) in [5.41, 5.74) is 2.85. The van der Waals surface area contributed by atoms with Crippen LogP contribution in [0.5, 0.6) is 0 Å². The van der Waals surface area contributed by atoms with Gasteiger partial charge in [0, 0.05) is 43.6 Å². The zero-order chi connectivity index (χ0) is 28.6. The molecule has 4 nitrogen and oxygen atoms in total. The molecule has 1 unspecified atom stereocenters. The van der Waals surface area contributed by atoms with Gasteiger partial charge in [-0.2, -0.15) is 0 Å². The minimum atomic E-state index is 0.0748. The van der Waals surface area contributed by atoms with E-state index in [-0.39, 0.29) is 11.9 Å². The maximum atomic E-state index is 13.4. The Labute approximate surface area is 245 Å². The van der Waals surface area contributed by atoms with Crippen molar-refractivity contribution < 1.29 is 4.79 Å². The van der Waals surface area contributed by atoms with E-state index in [1.165, 1.54) is 0 Å². The van der Waals surface area contributed by atoms with Crippen molar-refractivity contribution in [3.05, 3.63) is 120 Å². The van der Waals surface area contributed by atoms with E-state index in [0.717, 1.165) is 49.5 Å². The normalized spacial score (nSPS) is 14.1. The van der Waals surface area contributed by atoms with Crippen molar-refractivity contribution in [3.8, 4) is 0 Å². The Morgan fingerprint density at radius 3 is 1.79 bits per heavy atom. The Hall–Kier alpha value is -2.89. The molecule has 1 amide bonds. The van der Waals surface area contributed by atoms with E-state index >= 15 is 0 Å².